The number of rotatable bonds is 3. The van der Waals surface area contributed by atoms with Crippen LogP contribution >= 0.6 is 12.4 Å². The Balaban J connectivity index is 0.00000162. The molecule has 1 aromatic rings. The van der Waals surface area contributed by atoms with Crippen LogP contribution in [0.2, 0.25) is 0 Å². The first-order valence-electron chi connectivity index (χ1n) is 5.42. The van der Waals surface area contributed by atoms with Gasteiger partial charge >= 0.3 is 0 Å². The van der Waals surface area contributed by atoms with Gasteiger partial charge in [-0.25, -0.2) is 13.2 Å². The quantitative estimate of drug-likeness (QED) is 0.865. The van der Waals surface area contributed by atoms with Crippen molar-refractivity contribution in [1.29, 1.82) is 0 Å². The molecule has 0 radical (unpaired) electrons. The molecule has 0 unspecified atom stereocenters. The molecule has 2 nitrogen and oxygen atoms in total. The van der Waals surface area contributed by atoms with Crippen molar-refractivity contribution in [2.24, 2.45) is 5.73 Å². The largest absolute Gasteiger partial charge is 0.370 e. The molecule has 1 aromatic carbocycles. The van der Waals surface area contributed by atoms with Crippen LogP contribution in [0, 0.1) is 17.5 Å². The SMILES string of the molecule is CC1(OCc2cc(F)c(F)c(F)c2)CC(N)C1.Cl. The van der Waals surface area contributed by atoms with E-state index < -0.39 is 17.5 Å². The van der Waals surface area contributed by atoms with E-state index in [2.05, 4.69) is 0 Å². The first-order chi connectivity index (χ1) is 7.89. The first-order valence-corrected chi connectivity index (χ1v) is 5.42. The lowest BCUT2D eigenvalue weighted by Crippen LogP contribution is -2.50. The van der Waals surface area contributed by atoms with Gasteiger partial charge in [0.2, 0.25) is 0 Å². The predicted molar refractivity (Wildman–Crippen MR) is 64.0 cm³/mol. The zero-order valence-electron chi connectivity index (χ0n) is 9.88. The van der Waals surface area contributed by atoms with Crippen molar-refractivity contribution in [2.75, 3.05) is 0 Å². The number of hydrogen-bond acceptors (Lipinski definition) is 2. The molecule has 0 amide bonds. The average molecular weight is 282 g/mol. The second-order valence-electron chi connectivity index (χ2n) is 4.78. The third kappa shape index (κ3) is 3.16. The fourth-order valence-corrected chi connectivity index (χ4v) is 2.12. The molecule has 102 valence electrons. The third-order valence-corrected chi connectivity index (χ3v) is 3.02. The molecule has 1 aliphatic rings. The van der Waals surface area contributed by atoms with Crippen LogP contribution < -0.4 is 5.73 Å². The number of benzene rings is 1. The van der Waals surface area contributed by atoms with Gasteiger partial charge < -0.3 is 10.5 Å². The molecule has 6 heteroatoms. The van der Waals surface area contributed by atoms with Crippen molar-refractivity contribution in [3.05, 3.63) is 35.1 Å². The Labute approximate surface area is 110 Å². The molecular formula is C12H15ClF3NO. The van der Waals surface area contributed by atoms with E-state index in [1.807, 2.05) is 6.92 Å². The molecule has 0 saturated heterocycles. The summed E-state index contributed by atoms with van der Waals surface area (Å²) in [6.45, 7) is 1.95. The van der Waals surface area contributed by atoms with E-state index in [1.54, 1.807) is 0 Å². The lowest BCUT2D eigenvalue weighted by Gasteiger charge is -2.43. The summed E-state index contributed by atoms with van der Waals surface area (Å²) in [7, 11) is 0. The zero-order valence-corrected chi connectivity index (χ0v) is 10.7. The van der Waals surface area contributed by atoms with Gasteiger partial charge in [0.1, 0.15) is 0 Å². The van der Waals surface area contributed by atoms with Crippen LogP contribution in [0.5, 0.6) is 0 Å². The van der Waals surface area contributed by atoms with Gasteiger partial charge in [-0.1, -0.05) is 0 Å². The Morgan fingerprint density at radius 3 is 2.22 bits per heavy atom. The highest BCUT2D eigenvalue weighted by Crippen LogP contribution is 2.35. The molecule has 1 aliphatic carbocycles. The minimum absolute atomic E-state index is 0. The average Bonchev–Trinajstić information content (AvgIpc) is 2.21. The molecule has 0 bridgehead atoms. The summed E-state index contributed by atoms with van der Waals surface area (Å²) in [4.78, 5) is 0. The lowest BCUT2D eigenvalue weighted by atomic mass is 9.77. The lowest BCUT2D eigenvalue weighted by molar-refractivity contribution is -0.104. The molecule has 1 saturated carbocycles. The van der Waals surface area contributed by atoms with E-state index in [4.69, 9.17) is 10.5 Å². The standard InChI is InChI=1S/C12H14F3NO.ClH/c1-12(4-8(16)5-12)17-6-7-2-9(13)11(15)10(14)3-7;/h2-3,8H,4-6,16H2,1H3;1H. The van der Waals surface area contributed by atoms with Crippen molar-refractivity contribution in [2.45, 2.75) is 38.0 Å². The van der Waals surface area contributed by atoms with Crippen molar-refractivity contribution in [1.82, 2.24) is 0 Å². The van der Waals surface area contributed by atoms with Crippen molar-refractivity contribution in [3.8, 4) is 0 Å². The maximum atomic E-state index is 12.9. The molecule has 2 rings (SSSR count). The molecule has 0 atom stereocenters. The van der Waals surface area contributed by atoms with Gasteiger partial charge in [0, 0.05) is 6.04 Å². The van der Waals surface area contributed by atoms with E-state index in [0.717, 1.165) is 25.0 Å². The second kappa shape index (κ2) is 5.47. The van der Waals surface area contributed by atoms with E-state index >= 15 is 0 Å². The van der Waals surface area contributed by atoms with Gasteiger partial charge in [-0.3, -0.25) is 0 Å². The first kappa shape index (κ1) is 15.3. The third-order valence-electron chi connectivity index (χ3n) is 3.02. The second-order valence-corrected chi connectivity index (χ2v) is 4.78. The van der Waals surface area contributed by atoms with Gasteiger partial charge in [-0.2, -0.15) is 0 Å². The van der Waals surface area contributed by atoms with Crippen LogP contribution in [0.1, 0.15) is 25.3 Å². The summed E-state index contributed by atoms with van der Waals surface area (Å²) in [5.74, 6) is -3.84. The Hall–Kier alpha value is -0.780. The van der Waals surface area contributed by atoms with Gasteiger partial charge in [-0.05, 0) is 37.5 Å². The molecular weight excluding hydrogens is 267 g/mol. The van der Waals surface area contributed by atoms with Crippen LogP contribution in [0.25, 0.3) is 0 Å². The minimum Gasteiger partial charge on any atom is -0.370 e. The monoisotopic (exact) mass is 281 g/mol. The smallest absolute Gasteiger partial charge is 0.194 e. The topological polar surface area (TPSA) is 35.2 Å². The highest BCUT2D eigenvalue weighted by Gasteiger charge is 2.39. The van der Waals surface area contributed by atoms with Gasteiger partial charge in [-0.15, -0.1) is 12.4 Å². The number of halogens is 4. The van der Waals surface area contributed by atoms with Crippen LogP contribution in [0.15, 0.2) is 12.1 Å². The molecule has 1 fully saturated rings. The summed E-state index contributed by atoms with van der Waals surface area (Å²) in [5.41, 5.74) is 5.59. The summed E-state index contributed by atoms with van der Waals surface area (Å²) >= 11 is 0. The molecule has 0 heterocycles. The Bertz CT molecular complexity index is 412. The normalized spacial score (nSPS) is 26.4. The van der Waals surface area contributed by atoms with Crippen LogP contribution in [0.3, 0.4) is 0 Å². The van der Waals surface area contributed by atoms with Crippen molar-refractivity contribution >= 4 is 12.4 Å². The van der Waals surface area contributed by atoms with Gasteiger partial charge in [0.15, 0.2) is 17.5 Å². The summed E-state index contributed by atoms with van der Waals surface area (Å²) < 4.78 is 44.1. The van der Waals surface area contributed by atoms with E-state index in [9.17, 15) is 13.2 Å². The summed E-state index contributed by atoms with van der Waals surface area (Å²) in [5, 5.41) is 0. The number of nitrogens with two attached hydrogens (primary N) is 1. The van der Waals surface area contributed by atoms with E-state index in [0.29, 0.717) is 0 Å². The van der Waals surface area contributed by atoms with E-state index in [-0.39, 0.29) is 36.2 Å². The zero-order chi connectivity index (χ0) is 12.6. The van der Waals surface area contributed by atoms with Crippen LogP contribution in [0.4, 0.5) is 13.2 Å². The summed E-state index contributed by atoms with van der Waals surface area (Å²) in [6.07, 6.45) is 1.44. The van der Waals surface area contributed by atoms with Gasteiger partial charge in [0.25, 0.3) is 0 Å². The number of hydrogen-bond donors (Lipinski definition) is 1. The van der Waals surface area contributed by atoms with Gasteiger partial charge in [0.05, 0.1) is 12.2 Å². The maximum Gasteiger partial charge on any atom is 0.194 e. The molecule has 18 heavy (non-hydrogen) atoms. The molecule has 0 spiro atoms. The molecule has 0 aliphatic heterocycles. The van der Waals surface area contributed by atoms with Crippen LogP contribution in [-0.4, -0.2) is 11.6 Å². The van der Waals surface area contributed by atoms with Crippen molar-refractivity contribution in [3.63, 3.8) is 0 Å². The summed E-state index contributed by atoms with van der Waals surface area (Å²) in [6, 6.07) is 2.02. The Kier molecular flexibility index (Phi) is 4.64. The fraction of sp³-hybridized carbons (Fsp3) is 0.500. The Morgan fingerprint density at radius 1 is 1.28 bits per heavy atom. The maximum absolute atomic E-state index is 12.9. The number of ether oxygens (including phenoxy) is 1. The Morgan fingerprint density at radius 2 is 1.78 bits per heavy atom. The highest BCUT2D eigenvalue weighted by molar-refractivity contribution is 5.85. The van der Waals surface area contributed by atoms with Crippen molar-refractivity contribution < 1.29 is 17.9 Å². The molecule has 0 aromatic heterocycles. The van der Waals surface area contributed by atoms with Crippen LogP contribution in [-0.2, 0) is 11.3 Å². The predicted octanol–water partition coefficient (Wildman–Crippen LogP) is 2.92. The minimum atomic E-state index is -1.45. The molecule has 2 N–H and O–H groups in total. The van der Waals surface area contributed by atoms with E-state index in [1.165, 1.54) is 0 Å². The fourth-order valence-electron chi connectivity index (χ4n) is 2.12. The highest BCUT2D eigenvalue weighted by atomic mass is 35.5.